The summed E-state index contributed by atoms with van der Waals surface area (Å²) in [5, 5.41) is 0. The molecule has 0 aliphatic carbocycles. The summed E-state index contributed by atoms with van der Waals surface area (Å²) in [6.45, 7) is 0. The molecule has 0 bridgehead atoms. The van der Waals surface area contributed by atoms with E-state index in [9.17, 15) is 0 Å². The van der Waals surface area contributed by atoms with Crippen LogP contribution in [0.15, 0.2) is 0 Å². The van der Waals surface area contributed by atoms with Crippen LogP contribution < -0.4 is 0 Å². The summed E-state index contributed by atoms with van der Waals surface area (Å²) in [4.78, 5) is 0. The Morgan fingerprint density at radius 3 is 0.600 bits per heavy atom. The average Bonchev–Trinajstić information content (AvgIpc) is 0. The zero-order valence-corrected chi connectivity index (χ0v) is 4.94. The van der Waals surface area contributed by atoms with Gasteiger partial charge in [0.15, 0.2) is 0 Å². The zero-order valence-electron chi connectivity index (χ0n) is 2.07. The van der Waals surface area contributed by atoms with Crippen molar-refractivity contribution in [1.29, 1.82) is 0 Å². The molecule has 0 N–H and O–H groups in total. The fourth-order valence-corrected chi connectivity index (χ4v) is 0. The Morgan fingerprint density at radius 2 is 0.600 bits per heavy atom. The van der Waals surface area contributed by atoms with Crippen LogP contribution in [-0.4, -0.2) is 17.4 Å². The molecule has 0 aromatic heterocycles. The van der Waals surface area contributed by atoms with Crippen molar-refractivity contribution in [3.8, 4) is 0 Å². The maximum Gasteiger partial charge on any atom is 3.00 e. The molecule has 0 saturated carbocycles. The number of hydrogen-bond acceptors (Lipinski definition) is 0. The molecule has 0 rings (SSSR count). The van der Waals surface area contributed by atoms with E-state index in [2.05, 4.69) is 0 Å². The second kappa shape index (κ2) is 38.7. The molecule has 0 heterocycles. The quantitative estimate of drug-likeness (QED) is 0.506. The Kier molecular flexibility index (Phi) is 505. The SMILES string of the molecule is [Al+3].[O-2].[O-2].[O-2].[Yb+3]. The molecule has 0 unspecified atom stereocenters. The van der Waals surface area contributed by atoms with Gasteiger partial charge in [-0.15, -0.1) is 0 Å². The third-order valence-corrected chi connectivity index (χ3v) is 0. The Labute approximate surface area is 79.4 Å². The van der Waals surface area contributed by atoms with Gasteiger partial charge in [-0.1, -0.05) is 0 Å². The minimum absolute atomic E-state index is 0. The first-order valence-electron chi connectivity index (χ1n) is 0. The molecule has 0 saturated heterocycles. The van der Waals surface area contributed by atoms with Crippen LogP contribution in [-0.2, 0) is 16.4 Å². The molecule has 35 valence electrons. The van der Waals surface area contributed by atoms with Gasteiger partial charge >= 0.3 is 64.3 Å². The third-order valence-electron chi connectivity index (χ3n) is 0. The van der Waals surface area contributed by atoms with Crippen molar-refractivity contribution in [3.63, 3.8) is 0 Å². The predicted octanol–water partition coefficient (Wildman–Crippen LogP) is -0.737. The number of rotatable bonds is 0. The molecule has 0 aliphatic heterocycles. The molecule has 0 atom stereocenters. The fourth-order valence-electron chi connectivity index (χ4n) is 0. The van der Waals surface area contributed by atoms with Gasteiger partial charge in [0, 0.05) is 0 Å². The van der Waals surface area contributed by atoms with Crippen LogP contribution in [0.5, 0.6) is 0 Å². The van der Waals surface area contributed by atoms with E-state index >= 15 is 0 Å². The molecule has 0 fully saturated rings. The monoisotopic (exact) mass is 249 g/mol. The Morgan fingerprint density at radius 1 is 0.600 bits per heavy atom. The number of hydrogen-bond donors (Lipinski definition) is 0. The standard InChI is InChI=1S/Al.3O.Yb/q+3;3*-2;+3. The van der Waals surface area contributed by atoms with E-state index in [4.69, 9.17) is 0 Å². The first-order valence-corrected chi connectivity index (χ1v) is 0. The molecule has 0 aromatic rings. The van der Waals surface area contributed by atoms with Gasteiger partial charge in [-0.25, -0.2) is 0 Å². The smallest absolute Gasteiger partial charge is 2.00 e. The van der Waals surface area contributed by atoms with Gasteiger partial charge in [0.05, 0.1) is 0 Å². The van der Waals surface area contributed by atoms with Crippen LogP contribution >= 0.6 is 0 Å². The molecule has 5 heteroatoms. The first kappa shape index (κ1) is 65.4. The normalized spacial score (nSPS) is 0. The molecule has 3 nitrogen and oxygen atoms in total. The van der Waals surface area contributed by atoms with Crippen molar-refractivity contribution in [2.75, 3.05) is 0 Å². The van der Waals surface area contributed by atoms with Crippen molar-refractivity contribution in [2.45, 2.75) is 0 Å². The second-order valence-electron chi connectivity index (χ2n) is 0. The zero-order chi connectivity index (χ0) is 0. The predicted molar refractivity (Wildman–Crippen MR) is 7.81 cm³/mol. The Hall–Kier alpha value is 1.93. The minimum Gasteiger partial charge on any atom is -2.00 e. The van der Waals surface area contributed by atoms with E-state index in [1.165, 1.54) is 0 Å². The summed E-state index contributed by atoms with van der Waals surface area (Å²) >= 11 is 0. The fraction of sp³-hybridized carbons (Fsp3) is 0. The molecule has 0 aliphatic rings. The van der Waals surface area contributed by atoms with E-state index in [0.717, 1.165) is 0 Å². The topological polar surface area (TPSA) is 85.5 Å². The van der Waals surface area contributed by atoms with Gasteiger partial charge in [0.2, 0.25) is 0 Å². The maximum absolute atomic E-state index is 0. The van der Waals surface area contributed by atoms with Crippen molar-refractivity contribution in [2.24, 2.45) is 0 Å². The van der Waals surface area contributed by atoms with Crippen molar-refractivity contribution < 1.29 is 63.4 Å². The minimum atomic E-state index is 0. The van der Waals surface area contributed by atoms with Crippen LogP contribution in [0.1, 0.15) is 0 Å². The van der Waals surface area contributed by atoms with Crippen LogP contribution in [0.25, 0.3) is 0 Å². The van der Waals surface area contributed by atoms with E-state index < -0.39 is 0 Å². The van der Waals surface area contributed by atoms with Crippen molar-refractivity contribution in [1.82, 2.24) is 0 Å². The van der Waals surface area contributed by atoms with Gasteiger partial charge in [-0.3, -0.25) is 0 Å². The summed E-state index contributed by atoms with van der Waals surface area (Å²) in [7, 11) is 0. The van der Waals surface area contributed by atoms with Gasteiger partial charge in [-0.2, -0.15) is 0 Å². The summed E-state index contributed by atoms with van der Waals surface area (Å²) in [5.41, 5.74) is 0. The van der Waals surface area contributed by atoms with Crippen LogP contribution in [0.3, 0.4) is 0 Å². The van der Waals surface area contributed by atoms with Crippen LogP contribution in [0.4, 0.5) is 0 Å². The summed E-state index contributed by atoms with van der Waals surface area (Å²) in [5.74, 6) is 0. The first-order chi connectivity index (χ1) is 0. The average molecular weight is 248 g/mol. The van der Waals surface area contributed by atoms with Crippen molar-refractivity contribution in [3.05, 3.63) is 0 Å². The molecule has 0 spiro atoms. The summed E-state index contributed by atoms with van der Waals surface area (Å²) < 4.78 is 0. The van der Waals surface area contributed by atoms with Gasteiger partial charge in [0.25, 0.3) is 0 Å². The van der Waals surface area contributed by atoms with E-state index in [0.29, 0.717) is 0 Å². The van der Waals surface area contributed by atoms with E-state index in [1.807, 2.05) is 0 Å². The summed E-state index contributed by atoms with van der Waals surface area (Å²) in [6.07, 6.45) is 0. The molecule has 0 aromatic carbocycles. The molecule has 0 amide bonds. The van der Waals surface area contributed by atoms with Crippen molar-refractivity contribution >= 4 is 17.4 Å². The molecular weight excluding hydrogens is 248 g/mol. The third kappa shape index (κ3) is 24.6. The van der Waals surface area contributed by atoms with Gasteiger partial charge in [-0.05, 0) is 0 Å². The van der Waals surface area contributed by atoms with Gasteiger partial charge < -0.3 is 16.4 Å². The maximum atomic E-state index is 0. The molecule has 1 radical (unpaired) electrons. The Balaban J connectivity index is 0. The summed E-state index contributed by atoms with van der Waals surface area (Å²) in [6, 6.07) is 0. The molecule has 5 heavy (non-hydrogen) atoms. The largest absolute Gasteiger partial charge is 3.00 e. The molecular formula is AlO3Yb. The Bertz CT molecular complexity index is 6.85. The van der Waals surface area contributed by atoms with Crippen LogP contribution in [0.2, 0.25) is 0 Å². The van der Waals surface area contributed by atoms with Crippen LogP contribution in [0, 0.1) is 46.9 Å². The van der Waals surface area contributed by atoms with E-state index in [1.54, 1.807) is 0 Å². The van der Waals surface area contributed by atoms with Gasteiger partial charge in [0.1, 0.15) is 0 Å². The second-order valence-corrected chi connectivity index (χ2v) is 0. The van der Waals surface area contributed by atoms with E-state index in [-0.39, 0.29) is 80.7 Å².